The van der Waals surface area contributed by atoms with Gasteiger partial charge in [-0.25, -0.2) is 4.98 Å². The second kappa shape index (κ2) is 5.34. The monoisotopic (exact) mass is 304 g/mol. The lowest BCUT2D eigenvalue weighted by molar-refractivity contribution is -0.0723. The lowest BCUT2D eigenvalue weighted by atomic mass is 9.48. The van der Waals surface area contributed by atoms with Crippen LogP contribution in [0.2, 0.25) is 0 Å². The van der Waals surface area contributed by atoms with Gasteiger partial charge in [0.05, 0.1) is 6.04 Å². The SMILES string of the molecule is CCC(NC(C)C12CC3CC(CC(C3)C1)C2)c1nccs1. The Bertz CT molecular complexity index is 446. The van der Waals surface area contributed by atoms with Crippen molar-refractivity contribution in [2.24, 2.45) is 23.2 Å². The number of nitrogens with one attached hydrogen (secondary N) is 1. The van der Waals surface area contributed by atoms with E-state index in [9.17, 15) is 0 Å². The van der Waals surface area contributed by atoms with Crippen LogP contribution in [-0.4, -0.2) is 11.0 Å². The van der Waals surface area contributed by atoms with Gasteiger partial charge in [0.15, 0.2) is 0 Å². The Morgan fingerprint density at radius 2 is 1.86 bits per heavy atom. The zero-order valence-corrected chi connectivity index (χ0v) is 14.2. The topological polar surface area (TPSA) is 24.9 Å². The molecule has 4 aliphatic carbocycles. The molecule has 2 unspecified atom stereocenters. The maximum absolute atomic E-state index is 4.54. The molecule has 1 aromatic rings. The number of hydrogen-bond donors (Lipinski definition) is 1. The van der Waals surface area contributed by atoms with Gasteiger partial charge in [-0.1, -0.05) is 6.92 Å². The number of thiazole rings is 1. The fourth-order valence-corrected chi connectivity index (χ4v) is 6.74. The zero-order chi connectivity index (χ0) is 14.4. The molecule has 5 rings (SSSR count). The van der Waals surface area contributed by atoms with Gasteiger partial charge in [0, 0.05) is 17.6 Å². The standard InChI is InChI=1S/C18H28N2S/c1-3-16(17-19-4-5-21-17)20-12(2)18-9-13-6-14(10-18)8-15(7-13)11-18/h4-5,12-16,20H,3,6-11H2,1-2H3. The third-order valence-corrected chi connectivity index (χ3v) is 7.50. The average molecular weight is 305 g/mol. The second-order valence-corrected chi connectivity index (χ2v) is 8.93. The minimum Gasteiger partial charge on any atom is -0.305 e. The molecule has 1 N–H and O–H groups in total. The van der Waals surface area contributed by atoms with Crippen LogP contribution in [0.15, 0.2) is 11.6 Å². The molecular formula is C18H28N2S. The summed E-state index contributed by atoms with van der Waals surface area (Å²) < 4.78 is 0. The smallest absolute Gasteiger partial charge is 0.109 e. The average Bonchev–Trinajstić information content (AvgIpc) is 2.97. The van der Waals surface area contributed by atoms with Crippen LogP contribution in [0, 0.1) is 23.2 Å². The van der Waals surface area contributed by atoms with Crippen LogP contribution in [0.25, 0.3) is 0 Å². The van der Waals surface area contributed by atoms with Crippen LogP contribution in [-0.2, 0) is 0 Å². The Morgan fingerprint density at radius 3 is 2.33 bits per heavy atom. The largest absolute Gasteiger partial charge is 0.305 e. The molecule has 1 heterocycles. The van der Waals surface area contributed by atoms with Gasteiger partial charge >= 0.3 is 0 Å². The molecule has 4 aliphatic rings. The summed E-state index contributed by atoms with van der Waals surface area (Å²) in [6.45, 7) is 4.74. The summed E-state index contributed by atoms with van der Waals surface area (Å²) in [5, 5.41) is 7.35. The quantitative estimate of drug-likeness (QED) is 0.846. The van der Waals surface area contributed by atoms with Crippen LogP contribution < -0.4 is 5.32 Å². The van der Waals surface area contributed by atoms with Gasteiger partial charge in [-0.05, 0) is 75.0 Å². The zero-order valence-electron chi connectivity index (χ0n) is 13.3. The molecule has 4 saturated carbocycles. The normalized spacial score (nSPS) is 40.4. The molecule has 3 heteroatoms. The van der Waals surface area contributed by atoms with Crippen molar-refractivity contribution >= 4 is 11.3 Å². The molecule has 0 radical (unpaired) electrons. The van der Waals surface area contributed by atoms with Crippen molar-refractivity contribution in [2.45, 2.75) is 70.9 Å². The van der Waals surface area contributed by atoms with Crippen LogP contribution in [0.3, 0.4) is 0 Å². The highest BCUT2D eigenvalue weighted by molar-refractivity contribution is 7.09. The first-order valence-electron chi connectivity index (χ1n) is 8.84. The first-order valence-corrected chi connectivity index (χ1v) is 9.72. The second-order valence-electron chi connectivity index (χ2n) is 8.00. The van der Waals surface area contributed by atoms with Crippen molar-refractivity contribution in [3.8, 4) is 0 Å². The van der Waals surface area contributed by atoms with E-state index in [0.29, 0.717) is 17.5 Å². The van der Waals surface area contributed by atoms with Crippen molar-refractivity contribution in [1.29, 1.82) is 0 Å². The van der Waals surface area contributed by atoms with Gasteiger partial charge in [-0.3, -0.25) is 0 Å². The summed E-state index contributed by atoms with van der Waals surface area (Å²) in [6.07, 6.45) is 12.2. The van der Waals surface area contributed by atoms with Crippen molar-refractivity contribution in [3.63, 3.8) is 0 Å². The van der Waals surface area contributed by atoms with Crippen molar-refractivity contribution in [2.75, 3.05) is 0 Å². The number of aromatic nitrogens is 1. The summed E-state index contributed by atoms with van der Waals surface area (Å²) in [5.41, 5.74) is 0.597. The molecule has 4 bridgehead atoms. The van der Waals surface area contributed by atoms with Crippen molar-refractivity contribution in [1.82, 2.24) is 10.3 Å². The van der Waals surface area contributed by atoms with Crippen LogP contribution in [0.5, 0.6) is 0 Å². The predicted molar refractivity (Wildman–Crippen MR) is 88.3 cm³/mol. The van der Waals surface area contributed by atoms with Crippen molar-refractivity contribution < 1.29 is 0 Å². The van der Waals surface area contributed by atoms with E-state index in [0.717, 1.165) is 24.2 Å². The van der Waals surface area contributed by atoms with E-state index in [-0.39, 0.29) is 0 Å². The predicted octanol–water partition coefficient (Wildman–Crippen LogP) is 4.79. The molecular weight excluding hydrogens is 276 g/mol. The van der Waals surface area contributed by atoms with Gasteiger partial charge < -0.3 is 5.32 Å². The highest BCUT2D eigenvalue weighted by atomic mass is 32.1. The van der Waals surface area contributed by atoms with E-state index in [4.69, 9.17) is 0 Å². The lowest BCUT2D eigenvalue weighted by Gasteiger charge is -2.59. The summed E-state index contributed by atoms with van der Waals surface area (Å²) >= 11 is 1.80. The molecule has 0 aliphatic heterocycles. The van der Waals surface area contributed by atoms with Crippen LogP contribution in [0.4, 0.5) is 0 Å². The summed E-state index contributed by atoms with van der Waals surface area (Å²) in [4.78, 5) is 4.54. The van der Waals surface area contributed by atoms with Gasteiger partial charge in [0.2, 0.25) is 0 Å². The molecule has 21 heavy (non-hydrogen) atoms. The molecule has 0 spiro atoms. The Hall–Kier alpha value is -0.410. The van der Waals surface area contributed by atoms with Gasteiger partial charge in [-0.15, -0.1) is 11.3 Å². The Balaban J connectivity index is 1.50. The highest BCUT2D eigenvalue weighted by Gasteiger charge is 2.53. The fourth-order valence-electron chi connectivity index (χ4n) is 5.96. The Kier molecular flexibility index (Phi) is 3.61. The number of hydrogen-bond acceptors (Lipinski definition) is 3. The van der Waals surface area contributed by atoms with Gasteiger partial charge in [-0.2, -0.15) is 0 Å². The van der Waals surface area contributed by atoms with E-state index in [1.807, 2.05) is 6.20 Å². The molecule has 0 aromatic carbocycles. The summed E-state index contributed by atoms with van der Waals surface area (Å²) in [5.74, 6) is 3.13. The highest BCUT2D eigenvalue weighted by Crippen LogP contribution is 2.61. The first kappa shape index (κ1) is 14.2. The third kappa shape index (κ3) is 2.46. The minimum absolute atomic E-state index is 0.452. The Labute approximate surface area is 132 Å². The van der Waals surface area contributed by atoms with E-state index in [1.54, 1.807) is 11.3 Å². The molecule has 2 atom stereocenters. The summed E-state index contributed by atoms with van der Waals surface area (Å²) in [6, 6.07) is 1.09. The third-order valence-electron chi connectivity index (χ3n) is 6.61. The molecule has 1 aromatic heterocycles. The summed E-state index contributed by atoms with van der Waals surface area (Å²) in [7, 11) is 0. The lowest BCUT2D eigenvalue weighted by Crippen LogP contribution is -2.55. The molecule has 0 amide bonds. The van der Waals surface area contributed by atoms with E-state index >= 15 is 0 Å². The van der Waals surface area contributed by atoms with E-state index < -0.39 is 0 Å². The molecule has 116 valence electrons. The number of nitrogens with zero attached hydrogens (tertiary/aromatic N) is 1. The van der Waals surface area contributed by atoms with Crippen LogP contribution in [0.1, 0.15) is 69.8 Å². The molecule has 2 nitrogen and oxygen atoms in total. The minimum atomic E-state index is 0.452. The Morgan fingerprint density at radius 1 is 1.24 bits per heavy atom. The van der Waals surface area contributed by atoms with Crippen LogP contribution >= 0.6 is 11.3 Å². The molecule has 4 fully saturated rings. The number of rotatable bonds is 5. The van der Waals surface area contributed by atoms with Gasteiger partial charge in [0.25, 0.3) is 0 Å². The first-order chi connectivity index (χ1) is 10.2. The van der Waals surface area contributed by atoms with Gasteiger partial charge in [0.1, 0.15) is 5.01 Å². The fraction of sp³-hybridized carbons (Fsp3) is 0.833. The molecule has 0 saturated heterocycles. The maximum Gasteiger partial charge on any atom is 0.109 e. The maximum atomic E-state index is 4.54. The van der Waals surface area contributed by atoms with Crippen molar-refractivity contribution in [3.05, 3.63) is 16.6 Å². The van der Waals surface area contributed by atoms with E-state index in [2.05, 4.69) is 29.5 Å². The van der Waals surface area contributed by atoms with E-state index in [1.165, 1.54) is 43.5 Å².